The van der Waals surface area contributed by atoms with Crippen LogP contribution in [0, 0.1) is 0 Å². The first kappa shape index (κ1) is 25.2. The summed E-state index contributed by atoms with van der Waals surface area (Å²) in [5.74, 6) is -2.31. The minimum atomic E-state index is -1.17. The number of aromatic carboxylic acids is 2. The average Bonchev–Trinajstić information content (AvgIpc) is 2.70. The predicted octanol–water partition coefficient (Wildman–Crippen LogP) is 7.28. The minimum absolute atomic E-state index is 0.0178. The number of carbonyl (C=O) groups is 2. The van der Waals surface area contributed by atoms with Crippen molar-refractivity contribution in [2.45, 2.75) is 110 Å². The van der Waals surface area contributed by atoms with Gasteiger partial charge in [-0.3, -0.25) is 0 Å². The van der Waals surface area contributed by atoms with Gasteiger partial charge in [-0.2, -0.15) is 0 Å². The quantitative estimate of drug-likeness (QED) is 0.267. The van der Waals surface area contributed by atoms with E-state index in [-0.39, 0.29) is 11.1 Å². The number of carboxylic acid groups (broad SMARTS) is 2. The summed E-state index contributed by atoms with van der Waals surface area (Å²) in [5.41, 5.74) is 1.55. The highest BCUT2D eigenvalue weighted by atomic mass is 16.4. The number of hydrogen-bond acceptors (Lipinski definition) is 2. The molecule has 0 heterocycles. The number of aryl methyl sites for hydroxylation is 1. The van der Waals surface area contributed by atoms with E-state index in [0.717, 1.165) is 18.4 Å². The summed E-state index contributed by atoms with van der Waals surface area (Å²) >= 11 is 0. The first-order chi connectivity index (χ1) is 14.0. The third-order valence-electron chi connectivity index (χ3n) is 5.77. The maximum Gasteiger partial charge on any atom is 0.336 e. The van der Waals surface area contributed by atoms with Gasteiger partial charge in [-0.05, 0) is 36.5 Å². The van der Waals surface area contributed by atoms with Crippen molar-refractivity contribution in [1.82, 2.24) is 0 Å². The van der Waals surface area contributed by atoms with E-state index in [9.17, 15) is 19.8 Å². The Morgan fingerprint density at radius 2 is 1.17 bits per heavy atom. The lowest BCUT2D eigenvalue weighted by Crippen LogP contribution is -2.13. The van der Waals surface area contributed by atoms with Gasteiger partial charge in [-0.1, -0.05) is 97.0 Å². The lowest BCUT2D eigenvalue weighted by molar-refractivity contribution is 0.0650. The first-order valence-electron chi connectivity index (χ1n) is 11.6. The van der Waals surface area contributed by atoms with Crippen LogP contribution in [0.1, 0.15) is 129 Å². The highest BCUT2D eigenvalue weighted by molar-refractivity contribution is 6.03. The average molecular weight is 405 g/mol. The summed E-state index contributed by atoms with van der Waals surface area (Å²) in [4.78, 5) is 23.1. The lowest BCUT2D eigenvalue weighted by Gasteiger charge is -2.14. The van der Waals surface area contributed by atoms with Crippen molar-refractivity contribution < 1.29 is 19.8 Å². The normalized spacial score (nSPS) is 11.0. The van der Waals surface area contributed by atoms with Gasteiger partial charge in [0.15, 0.2) is 0 Å². The van der Waals surface area contributed by atoms with Crippen LogP contribution in [0.4, 0.5) is 0 Å². The van der Waals surface area contributed by atoms with Gasteiger partial charge in [0, 0.05) is 0 Å². The number of unbranched alkanes of at least 4 members (excludes halogenated alkanes) is 12. The van der Waals surface area contributed by atoms with E-state index in [1.807, 2.05) is 6.92 Å². The van der Waals surface area contributed by atoms with Crippen LogP contribution in [0.25, 0.3) is 0 Å². The molecule has 0 aromatic heterocycles. The zero-order valence-corrected chi connectivity index (χ0v) is 18.5. The van der Waals surface area contributed by atoms with Crippen molar-refractivity contribution in [2.75, 3.05) is 0 Å². The van der Waals surface area contributed by atoms with Crippen LogP contribution in [0.3, 0.4) is 0 Å². The maximum absolute atomic E-state index is 11.7. The number of rotatable bonds is 17. The molecule has 1 aromatic rings. The maximum atomic E-state index is 11.7. The Kier molecular flexibility index (Phi) is 13.1. The zero-order valence-electron chi connectivity index (χ0n) is 18.5. The molecule has 0 amide bonds. The molecule has 0 aliphatic heterocycles. The lowest BCUT2D eigenvalue weighted by atomic mass is 9.90. The largest absolute Gasteiger partial charge is 0.478 e. The summed E-state index contributed by atoms with van der Waals surface area (Å²) in [5, 5.41) is 18.9. The van der Waals surface area contributed by atoms with Crippen LogP contribution in [0.2, 0.25) is 0 Å². The van der Waals surface area contributed by atoms with E-state index in [1.165, 1.54) is 76.7 Å². The van der Waals surface area contributed by atoms with E-state index in [4.69, 9.17) is 0 Å². The minimum Gasteiger partial charge on any atom is -0.478 e. The van der Waals surface area contributed by atoms with Gasteiger partial charge in [0.2, 0.25) is 0 Å². The Hall–Kier alpha value is -1.84. The highest BCUT2D eigenvalue weighted by Gasteiger charge is 2.21. The summed E-state index contributed by atoms with van der Waals surface area (Å²) in [6.07, 6.45) is 17.9. The van der Waals surface area contributed by atoms with Gasteiger partial charge in [0.25, 0.3) is 0 Å². The molecule has 4 nitrogen and oxygen atoms in total. The molecule has 0 saturated heterocycles. The van der Waals surface area contributed by atoms with Crippen LogP contribution in [0.15, 0.2) is 12.1 Å². The Balaban J connectivity index is 2.32. The van der Waals surface area contributed by atoms with Crippen LogP contribution >= 0.6 is 0 Å². The van der Waals surface area contributed by atoms with Gasteiger partial charge in [-0.25, -0.2) is 9.59 Å². The van der Waals surface area contributed by atoms with Crippen molar-refractivity contribution in [3.8, 4) is 0 Å². The van der Waals surface area contributed by atoms with E-state index in [0.29, 0.717) is 18.4 Å². The third-order valence-corrected chi connectivity index (χ3v) is 5.77. The van der Waals surface area contributed by atoms with Crippen molar-refractivity contribution in [3.05, 3.63) is 34.4 Å². The fourth-order valence-corrected chi connectivity index (χ4v) is 4.05. The Morgan fingerprint density at radius 1 is 0.690 bits per heavy atom. The van der Waals surface area contributed by atoms with E-state index >= 15 is 0 Å². The van der Waals surface area contributed by atoms with Gasteiger partial charge in [0.1, 0.15) is 0 Å². The van der Waals surface area contributed by atoms with Crippen LogP contribution in [-0.4, -0.2) is 22.2 Å². The van der Waals surface area contributed by atoms with Gasteiger partial charge < -0.3 is 10.2 Å². The Bertz CT molecular complexity index is 621. The molecule has 29 heavy (non-hydrogen) atoms. The van der Waals surface area contributed by atoms with Crippen LogP contribution < -0.4 is 0 Å². The second kappa shape index (κ2) is 15.1. The fourth-order valence-electron chi connectivity index (χ4n) is 4.05. The summed E-state index contributed by atoms with van der Waals surface area (Å²) in [7, 11) is 0. The molecule has 1 aromatic carbocycles. The summed E-state index contributed by atoms with van der Waals surface area (Å²) in [6.45, 7) is 4.23. The second-order valence-corrected chi connectivity index (χ2v) is 8.08. The second-order valence-electron chi connectivity index (χ2n) is 8.08. The van der Waals surface area contributed by atoms with Crippen molar-refractivity contribution >= 4 is 11.9 Å². The molecule has 0 fully saturated rings. The summed E-state index contributed by atoms with van der Waals surface area (Å²) < 4.78 is 0. The van der Waals surface area contributed by atoms with Crippen molar-refractivity contribution in [2.24, 2.45) is 0 Å². The third kappa shape index (κ3) is 9.47. The van der Waals surface area contributed by atoms with Crippen LogP contribution in [0.5, 0.6) is 0 Å². The Labute approximate surface area is 176 Å². The molecule has 0 aliphatic carbocycles. The fraction of sp³-hybridized carbons (Fsp3) is 0.680. The van der Waals surface area contributed by atoms with Crippen LogP contribution in [-0.2, 0) is 12.8 Å². The number of hydrogen-bond donors (Lipinski definition) is 2. The topological polar surface area (TPSA) is 74.6 Å². The molecule has 0 unspecified atom stereocenters. The zero-order chi connectivity index (χ0) is 21.5. The highest BCUT2D eigenvalue weighted by Crippen LogP contribution is 2.23. The first-order valence-corrected chi connectivity index (χ1v) is 11.6. The molecule has 0 bridgehead atoms. The number of carboxylic acids is 2. The van der Waals surface area contributed by atoms with Crippen molar-refractivity contribution in [1.29, 1.82) is 0 Å². The summed E-state index contributed by atoms with van der Waals surface area (Å²) in [6, 6.07) is 3.20. The standard InChI is InChI=1S/C25H40O4/c1-3-5-6-7-8-9-10-11-12-13-14-15-16-17-21-20(4-2)18-19-22(24(26)27)23(21)25(28)29/h18-19H,3-17H2,1-2H3,(H,26,27)(H,28,29). The molecule has 0 aliphatic rings. The molecular formula is C25H40O4. The smallest absolute Gasteiger partial charge is 0.336 e. The van der Waals surface area contributed by atoms with Gasteiger partial charge in [-0.15, -0.1) is 0 Å². The molecule has 0 spiro atoms. The molecule has 1 rings (SSSR count). The Morgan fingerprint density at radius 3 is 1.59 bits per heavy atom. The SMILES string of the molecule is CCCCCCCCCCCCCCCc1c(CC)ccc(C(=O)O)c1C(=O)O. The predicted molar refractivity (Wildman–Crippen MR) is 119 cm³/mol. The molecule has 164 valence electrons. The van der Waals surface area contributed by atoms with E-state index < -0.39 is 11.9 Å². The molecule has 0 atom stereocenters. The molecule has 0 radical (unpaired) electrons. The van der Waals surface area contributed by atoms with Crippen molar-refractivity contribution in [3.63, 3.8) is 0 Å². The van der Waals surface area contributed by atoms with Gasteiger partial charge in [0.05, 0.1) is 11.1 Å². The van der Waals surface area contributed by atoms with E-state index in [2.05, 4.69) is 6.92 Å². The molecule has 4 heteroatoms. The molecule has 2 N–H and O–H groups in total. The monoisotopic (exact) mass is 404 g/mol. The van der Waals surface area contributed by atoms with E-state index in [1.54, 1.807) is 6.07 Å². The van der Waals surface area contributed by atoms with Gasteiger partial charge >= 0.3 is 11.9 Å². The molecular weight excluding hydrogens is 364 g/mol. The molecule has 0 saturated carbocycles. The number of benzene rings is 1.